The molecular weight excluding hydrogens is 575 g/mol. The number of hydrogen-bond acceptors (Lipinski definition) is 7. The Balaban J connectivity index is 1.47. The van der Waals surface area contributed by atoms with E-state index in [2.05, 4.69) is 28.9 Å². The van der Waals surface area contributed by atoms with Crippen LogP contribution in [0.25, 0.3) is 10.2 Å². The van der Waals surface area contributed by atoms with Gasteiger partial charge in [0.25, 0.3) is 0 Å². The molecule has 2 aliphatic rings. The number of rotatable bonds is 11. The fraction of sp³-hybridized carbons (Fsp3) is 0.516. The maximum atomic E-state index is 14.1. The van der Waals surface area contributed by atoms with Crippen molar-refractivity contribution in [1.82, 2.24) is 14.6 Å². The average molecular weight is 615 g/mol. The van der Waals surface area contributed by atoms with Crippen molar-refractivity contribution < 1.29 is 22.4 Å². The van der Waals surface area contributed by atoms with Gasteiger partial charge >= 0.3 is 0 Å². The lowest BCUT2D eigenvalue weighted by molar-refractivity contribution is -0.134. The lowest BCUT2D eigenvalue weighted by Gasteiger charge is -2.35. The highest BCUT2D eigenvalue weighted by Gasteiger charge is 2.35. The number of anilines is 1. The summed E-state index contributed by atoms with van der Waals surface area (Å²) in [6, 6.07) is 10.2. The first-order chi connectivity index (χ1) is 20.1. The summed E-state index contributed by atoms with van der Waals surface area (Å²) in [7, 11) is -4.16. The number of amides is 1. The van der Waals surface area contributed by atoms with Crippen LogP contribution >= 0.6 is 11.3 Å². The zero-order valence-electron chi connectivity index (χ0n) is 24.2. The Bertz CT molecular complexity index is 1510. The van der Waals surface area contributed by atoms with Crippen LogP contribution in [0.1, 0.15) is 55.7 Å². The number of nitrogens with one attached hydrogen (secondary N) is 2. The molecule has 226 valence electrons. The van der Waals surface area contributed by atoms with Gasteiger partial charge in [0.15, 0.2) is 0 Å². The number of thiazole rings is 1. The summed E-state index contributed by atoms with van der Waals surface area (Å²) < 4.78 is 44.9. The first kappa shape index (κ1) is 30.6. The molecule has 1 aromatic heterocycles. The number of carbonyl (C=O) groups excluding carboxylic acids is 2. The lowest BCUT2D eigenvalue weighted by atomic mass is 9.81. The van der Waals surface area contributed by atoms with E-state index in [0.717, 1.165) is 27.6 Å². The number of nitrogens with zero attached hydrogens (tertiary/aromatic N) is 2. The molecule has 11 heteroatoms. The second-order valence-electron chi connectivity index (χ2n) is 12.2. The average Bonchev–Trinajstić information content (AvgIpc) is 3.37. The number of halogens is 1. The number of carbonyl (C=O) groups is 2. The summed E-state index contributed by atoms with van der Waals surface area (Å²) in [4.78, 5) is 31.5. The monoisotopic (exact) mass is 614 g/mol. The number of likely N-dealkylation sites (tertiary alicyclic amines) is 1. The van der Waals surface area contributed by atoms with Crippen LogP contribution in [-0.4, -0.2) is 62.8 Å². The molecule has 0 spiro atoms. The van der Waals surface area contributed by atoms with Crippen LogP contribution in [0.4, 0.5) is 10.1 Å². The van der Waals surface area contributed by atoms with Crippen molar-refractivity contribution in [1.29, 1.82) is 0 Å². The van der Waals surface area contributed by atoms with Crippen molar-refractivity contribution in [2.75, 3.05) is 31.6 Å². The number of hydrogen-bond donors (Lipinski definition) is 2. The largest absolute Gasteiger partial charge is 0.383 e. The van der Waals surface area contributed by atoms with Crippen molar-refractivity contribution in [3.05, 3.63) is 52.5 Å². The first-order valence-electron chi connectivity index (χ1n) is 14.6. The molecule has 5 rings (SSSR count). The number of aryl methyl sites for hydroxylation is 1. The molecule has 1 saturated heterocycles. The minimum atomic E-state index is -4.16. The number of fused-ring (bicyclic) bond motifs is 2. The van der Waals surface area contributed by atoms with Gasteiger partial charge in [0.1, 0.15) is 17.2 Å². The molecule has 3 aromatic rings. The highest BCUT2D eigenvalue weighted by molar-refractivity contribution is 7.89. The summed E-state index contributed by atoms with van der Waals surface area (Å²) in [5, 5.41) is 4.01. The molecule has 2 N–H and O–H groups in total. The quantitative estimate of drug-likeness (QED) is 0.297. The SMILES string of the molecule is CC1(C)CNc2c(cc(CCC=O)cc2S(=O)(=O)N[C@@H](Cc2nc3ccccc3s2)C(=O)N2CCC(CCF)CC2)C1. The van der Waals surface area contributed by atoms with E-state index in [1.165, 1.54) is 11.3 Å². The number of para-hydroxylation sites is 1. The predicted molar refractivity (Wildman–Crippen MR) is 164 cm³/mol. The van der Waals surface area contributed by atoms with Gasteiger partial charge in [0.05, 0.1) is 27.6 Å². The molecule has 0 radical (unpaired) electrons. The second kappa shape index (κ2) is 12.8. The fourth-order valence-electron chi connectivity index (χ4n) is 5.99. The third-order valence-electron chi connectivity index (χ3n) is 8.25. The maximum Gasteiger partial charge on any atom is 0.243 e. The molecule has 0 unspecified atom stereocenters. The Kier molecular flexibility index (Phi) is 9.29. The zero-order chi connectivity index (χ0) is 29.9. The Morgan fingerprint density at radius 3 is 2.74 bits per heavy atom. The summed E-state index contributed by atoms with van der Waals surface area (Å²) >= 11 is 1.45. The molecule has 8 nitrogen and oxygen atoms in total. The van der Waals surface area contributed by atoms with E-state index in [0.29, 0.717) is 68.9 Å². The van der Waals surface area contributed by atoms with Gasteiger partial charge in [-0.2, -0.15) is 4.72 Å². The van der Waals surface area contributed by atoms with Gasteiger partial charge in [-0.15, -0.1) is 11.3 Å². The second-order valence-corrected chi connectivity index (χ2v) is 15.0. The Morgan fingerprint density at radius 1 is 1.26 bits per heavy atom. The minimum Gasteiger partial charge on any atom is -0.383 e. The summed E-state index contributed by atoms with van der Waals surface area (Å²) in [6.45, 7) is 5.41. The molecule has 0 aliphatic carbocycles. The van der Waals surface area contributed by atoms with Gasteiger partial charge in [-0.1, -0.05) is 32.0 Å². The summed E-state index contributed by atoms with van der Waals surface area (Å²) in [5.74, 6) is -0.0639. The van der Waals surface area contributed by atoms with E-state index in [4.69, 9.17) is 0 Å². The third kappa shape index (κ3) is 7.01. The molecule has 0 bridgehead atoms. The molecule has 1 fully saturated rings. The number of aldehydes is 1. The topological polar surface area (TPSA) is 108 Å². The number of aromatic nitrogens is 1. The standard InChI is InChI=1S/C31H39FN4O4S2/c1-31(2)19-23-16-22(6-5-15-37)17-27(29(23)33-20-31)42(39,40)35-25(18-28-34-24-7-3-4-8-26(24)41-28)30(38)36-13-10-21(9-12-32)11-14-36/h3-4,7-8,15-17,21,25,33,35H,5-6,9-14,18-20H2,1-2H3/t25-/m0/s1. The van der Waals surface area contributed by atoms with Crippen LogP contribution in [0.3, 0.4) is 0 Å². The lowest BCUT2D eigenvalue weighted by Crippen LogP contribution is -2.51. The van der Waals surface area contributed by atoms with E-state index in [-0.39, 0.29) is 35.2 Å². The summed E-state index contributed by atoms with van der Waals surface area (Å²) in [5.41, 5.74) is 2.95. The van der Waals surface area contributed by atoms with E-state index in [1.54, 1.807) is 11.0 Å². The van der Waals surface area contributed by atoms with Crippen molar-refractivity contribution in [2.24, 2.45) is 11.3 Å². The number of piperidine rings is 1. The molecule has 1 atom stereocenters. The van der Waals surface area contributed by atoms with Crippen LogP contribution < -0.4 is 10.0 Å². The van der Waals surface area contributed by atoms with Crippen LogP contribution in [0.5, 0.6) is 0 Å². The van der Waals surface area contributed by atoms with E-state index in [1.807, 2.05) is 30.3 Å². The Hall–Kier alpha value is -2.89. The van der Waals surface area contributed by atoms with Gasteiger partial charge in [-0.25, -0.2) is 13.4 Å². The highest BCUT2D eigenvalue weighted by atomic mass is 32.2. The smallest absolute Gasteiger partial charge is 0.243 e. The van der Waals surface area contributed by atoms with Crippen molar-refractivity contribution in [2.45, 2.75) is 69.7 Å². The number of alkyl halides is 1. The van der Waals surface area contributed by atoms with Crippen LogP contribution in [0, 0.1) is 11.3 Å². The fourth-order valence-corrected chi connectivity index (χ4v) is 8.47. The Labute approximate surface area is 251 Å². The highest BCUT2D eigenvalue weighted by Crippen LogP contribution is 2.38. The maximum absolute atomic E-state index is 14.1. The van der Waals surface area contributed by atoms with E-state index in [9.17, 15) is 22.4 Å². The molecule has 42 heavy (non-hydrogen) atoms. The van der Waals surface area contributed by atoms with Gasteiger partial charge < -0.3 is 15.0 Å². The van der Waals surface area contributed by atoms with Crippen LogP contribution in [-0.2, 0) is 38.9 Å². The number of sulfonamides is 1. The molecule has 2 aliphatic heterocycles. The molecule has 1 amide bonds. The summed E-state index contributed by atoms with van der Waals surface area (Å²) in [6.07, 6.45) is 4.24. The van der Waals surface area contributed by atoms with Crippen molar-refractivity contribution in [3.63, 3.8) is 0 Å². The predicted octanol–water partition coefficient (Wildman–Crippen LogP) is 4.91. The molecular formula is C31H39FN4O4S2. The van der Waals surface area contributed by atoms with Crippen LogP contribution in [0.15, 0.2) is 41.3 Å². The van der Waals surface area contributed by atoms with Crippen molar-refractivity contribution >= 4 is 49.5 Å². The van der Waals surface area contributed by atoms with E-state index < -0.39 is 16.1 Å². The van der Waals surface area contributed by atoms with E-state index >= 15 is 0 Å². The zero-order valence-corrected chi connectivity index (χ0v) is 25.8. The first-order valence-corrected chi connectivity index (χ1v) is 16.9. The van der Waals surface area contributed by atoms with Gasteiger partial charge in [-0.05, 0) is 72.8 Å². The molecule has 0 saturated carbocycles. The van der Waals surface area contributed by atoms with Crippen molar-refractivity contribution in [3.8, 4) is 0 Å². The van der Waals surface area contributed by atoms with Crippen LogP contribution in [0.2, 0.25) is 0 Å². The normalized spacial score (nSPS) is 17.9. The van der Waals surface area contributed by atoms with Gasteiger partial charge in [0, 0.05) is 32.5 Å². The minimum absolute atomic E-state index is 0.0651. The molecule has 3 heterocycles. The Morgan fingerprint density at radius 2 is 2.02 bits per heavy atom. The molecule has 2 aromatic carbocycles. The van der Waals surface area contributed by atoms with Gasteiger partial charge in [-0.3, -0.25) is 9.18 Å². The number of benzene rings is 2. The van der Waals surface area contributed by atoms with Gasteiger partial charge in [0.2, 0.25) is 15.9 Å². The third-order valence-corrected chi connectivity index (χ3v) is 10.8.